The van der Waals surface area contributed by atoms with Crippen LogP contribution in [0.15, 0.2) is 24.5 Å². The molecule has 0 bridgehead atoms. The largest absolute Gasteiger partial charge is 0.352 e. The lowest BCUT2D eigenvalue weighted by Crippen LogP contribution is -2.51. The standard InChI is InChI=1S/C16H25N3O/c1-11-14(17)7-6-13(16(11,2)3)15(20)19-10-12-5-4-8-18-9-12/h4-5,8-9,11,13-14H,6-7,10,17H2,1-3H3,(H,19,20). The number of amides is 1. The highest BCUT2D eigenvalue weighted by molar-refractivity contribution is 5.79. The first-order valence-corrected chi connectivity index (χ1v) is 7.35. The van der Waals surface area contributed by atoms with Crippen molar-refractivity contribution >= 4 is 5.91 Å². The molecule has 0 saturated heterocycles. The second kappa shape index (κ2) is 5.92. The summed E-state index contributed by atoms with van der Waals surface area (Å²) in [6.07, 6.45) is 5.32. The first-order valence-electron chi connectivity index (χ1n) is 7.35. The van der Waals surface area contributed by atoms with E-state index < -0.39 is 0 Å². The minimum absolute atomic E-state index is 0.0361. The lowest BCUT2D eigenvalue weighted by atomic mass is 9.61. The molecule has 1 aliphatic rings. The van der Waals surface area contributed by atoms with Gasteiger partial charge in [0.2, 0.25) is 5.91 Å². The van der Waals surface area contributed by atoms with Crippen LogP contribution in [-0.4, -0.2) is 16.9 Å². The fraction of sp³-hybridized carbons (Fsp3) is 0.625. The van der Waals surface area contributed by atoms with E-state index in [9.17, 15) is 4.79 Å². The predicted molar refractivity (Wildman–Crippen MR) is 79.7 cm³/mol. The van der Waals surface area contributed by atoms with Crippen LogP contribution in [0.3, 0.4) is 0 Å². The van der Waals surface area contributed by atoms with Crippen LogP contribution in [0.2, 0.25) is 0 Å². The van der Waals surface area contributed by atoms with Gasteiger partial charge < -0.3 is 11.1 Å². The van der Waals surface area contributed by atoms with E-state index in [0.717, 1.165) is 18.4 Å². The average Bonchev–Trinajstić information content (AvgIpc) is 2.43. The Morgan fingerprint density at radius 3 is 2.90 bits per heavy atom. The van der Waals surface area contributed by atoms with Crippen molar-refractivity contribution in [3.05, 3.63) is 30.1 Å². The van der Waals surface area contributed by atoms with Crippen molar-refractivity contribution in [3.8, 4) is 0 Å². The van der Waals surface area contributed by atoms with E-state index in [1.807, 2.05) is 12.1 Å². The van der Waals surface area contributed by atoms with E-state index in [1.165, 1.54) is 0 Å². The van der Waals surface area contributed by atoms with Crippen LogP contribution in [0.5, 0.6) is 0 Å². The van der Waals surface area contributed by atoms with Crippen LogP contribution in [0.4, 0.5) is 0 Å². The average molecular weight is 275 g/mol. The lowest BCUT2D eigenvalue weighted by molar-refractivity contribution is -0.132. The molecular weight excluding hydrogens is 250 g/mol. The second-order valence-corrected chi connectivity index (χ2v) is 6.48. The summed E-state index contributed by atoms with van der Waals surface area (Å²) >= 11 is 0. The first-order chi connectivity index (χ1) is 9.43. The molecule has 20 heavy (non-hydrogen) atoms. The summed E-state index contributed by atoms with van der Waals surface area (Å²) < 4.78 is 0. The summed E-state index contributed by atoms with van der Waals surface area (Å²) in [7, 11) is 0. The van der Waals surface area contributed by atoms with Crippen LogP contribution in [-0.2, 0) is 11.3 Å². The molecule has 1 saturated carbocycles. The van der Waals surface area contributed by atoms with Crippen molar-refractivity contribution in [1.82, 2.24) is 10.3 Å². The molecule has 0 radical (unpaired) electrons. The van der Waals surface area contributed by atoms with Crippen molar-refractivity contribution in [2.75, 3.05) is 0 Å². The Balaban J connectivity index is 1.98. The van der Waals surface area contributed by atoms with Gasteiger partial charge in [-0.05, 0) is 35.8 Å². The number of rotatable bonds is 3. The molecule has 1 aromatic heterocycles. The molecule has 3 unspecified atom stereocenters. The zero-order valence-electron chi connectivity index (χ0n) is 12.6. The number of nitrogens with two attached hydrogens (primary N) is 1. The van der Waals surface area contributed by atoms with Gasteiger partial charge in [0.25, 0.3) is 0 Å². The Bertz CT molecular complexity index is 458. The van der Waals surface area contributed by atoms with Crippen molar-refractivity contribution in [1.29, 1.82) is 0 Å². The minimum Gasteiger partial charge on any atom is -0.352 e. The normalized spacial score (nSPS) is 28.9. The number of carbonyl (C=O) groups is 1. The van der Waals surface area contributed by atoms with Gasteiger partial charge in [0.05, 0.1) is 0 Å². The van der Waals surface area contributed by atoms with E-state index in [1.54, 1.807) is 12.4 Å². The molecular formula is C16H25N3O. The lowest BCUT2D eigenvalue weighted by Gasteiger charge is -2.46. The number of hydrogen-bond donors (Lipinski definition) is 2. The van der Waals surface area contributed by atoms with E-state index in [-0.39, 0.29) is 23.3 Å². The summed E-state index contributed by atoms with van der Waals surface area (Å²) in [6, 6.07) is 4.05. The molecule has 2 rings (SSSR count). The third kappa shape index (κ3) is 3.01. The molecule has 3 atom stereocenters. The molecule has 4 nitrogen and oxygen atoms in total. The highest BCUT2D eigenvalue weighted by atomic mass is 16.1. The molecule has 0 aromatic carbocycles. The third-order valence-corrected chi connectivity index (χ3v) is 5.01. The van der Waals surface area contributed by atoms with Gasteiger partial charge in [-0.15, -0.1) is 0 Å². The monoisotopic (exact) mass is 275 g/mol. The molecule has 1 aliphatic carbocycles. The minimum atomic E-state index is -0.0588. The van der Waals surface area contributed by atoms with Gasteiger partial charge >= 0.3 is 0 Å². The quantitative estimate of drug-likeness (QED) is 0.887. The van der Waals surface area contributed by atoms with Gasteiger partial charge in [-0.25, -0.2) is 0 Å². The highest BCUT2D eigenvalue weighted by Gasteiger charge is 2.44. The SMILES string of the molecule is CC1C(N)CCC(C(=O)NCc2cccnc2)C1(C)C. The summed E-state index contributed by atoms with van der Waals surface area (Å²) in [4.78, 5) is 16.5. The fourth-order valence-electron chi connectivity index (χ4n) is 3.13. The van der Waals surface area contributed by atoms with E-state index in [2.05, 4.69) is 31.1 Å². The van der Waals surface area contributed by atoms with Crippen LogP contribution < -0.4 is 11.1 Å². The predicted octanol–water partition coefficient (Wildman–Crippen LogP) is 2.10. The summed E-state index contributed by atoms with van der Waals surface area (Å²) in [6.45, 7) is 7.01. The fourth-order valence-corrected chi connectivity index (χ4v) is 3.13. The number of carbonyl (C=O) groups excluding carboxylic acids is 1. The molecule has 1 aromatic rings. The molecule has 4 heteroatoms. The van der Waals surface area contributed by atoms with Crippen LogP contribution in [0, 0.1) is 17.3 Å². The summed E-state index contributed by atoms with van der Waals surface area (Å²) in [5, 5.41) is 3.04. The Morgan fingerprint density at radius 1 is 1.50 bits per heavy atom. The highest BCUT2D eigenvalue weighted by Crippen LogP contribution is 2.44. The Hall–Kier alpha value is -1.42. The van der Waals surface area contributed by atoms with E-state index >= 15 is 0 Å². The van der Waals surface area contributed by atoms with Gasteiger partial charge in [-0.2, -0.15) is 0 Å². The number of hydrogen-bond acceptors (Lipinski definition) is 3. The van der Waals surface area contributed by atoms with Gasteiger partial charge in [0.15, 0.2) is 0 Å². The van der Waals surface area contributed by atoms with E-state index in [4.69, 9.17) is 5.73 Å². The van der Waals surface area contributed by atoms with Crippen molar-refractivity contribution in [3.63, 3.8) is 0 Å². The van der Waals surface area contributed by atoms with Crippen LogP contribution in [0.25, 0.3) is 0 Å². The van der Waals surface area contributed by atoms with Gasteiger partial charge in [-0.1, -0.05) is 26.8 Å². The maximum atomic E-state index is 12.5. The number of nitrogens with one attached hydrogen (secondary N) is 1. The number of nitrogens with zero attached hydrogens (tertiary/aromatic N) is 1. The maximum Gasteiger partial charge on any atom is 0.223 e. The zero-order valence-corrected chi connectivity index (χ0v) is 12.6. The molecule has 1 heterocycles. The van der Waals surface area contributed by atoms with Crippen molar-refractivity contribution < 1.29 is 4.79 Å². The van der Waals surface area contributed by atoms with Crippen molar-refractivity contribution in [2.45, 2.75) is 46.2 Å². The van der Waals surface area contributed by atoms with Gasteiger partial charge in [0.1, 0.15) is 0 Å². The van der Waals surface area contributed by atoms with Crippen LogP contribution >= 0.6 is 0 Å². The first kappa shape index (κ1) is 15.0. The maximum absolute atomic E-state index is 12.5. The zero-order chi connectivity index (χ0) is 14.8. The molecule has 0 aliphatic heterocycles. The van der Waals surface area contributed by atoms with Crippen molar-refractivity contribution in [2.24, 2.45) is 23.0 Å². The Morgan fingerprint density at radius 2 is 2.25 bits per heavy atom. The number of pyridine rings is 1. The number of aromatic nitrogens is 1. The topological polar surface area (TPSA) is 68.0 Å². The summed E-state index contributed by atoms with van der Waals surface area (Å²) in [5.41, 5.74) is 7.11. The Kier molecular flexibility index (Phi) is 4.43. The van der Waals surface area contributed by atoms with E-state index in [0.29, 0.717) is 12.5 Å². The van der Waals surface area contributed by atoms with Gasteiger partial charge in [-0.3, -0.25) is 9.78 Å². The second-order valence-electron chi connectivity index (χ2n) is 6.48. The molecule has 3 N–H and O–H groups in total. The smallest absolute Gasteiger partial charge is 0.223 e. The summed E-state index contributed by atoms with van der Waals surface area (Å²) in [5.74, 6) is 0.525. The molecule has 1 amide bonds. The molecule has 0 spiro atoms. The third-order valence-electron chi connectivity index (χ3n) is 5.01. The van der Waals surface area contributed by atoms with Crippen LogP contribution in [0.1, 0.15) is 39.2 Å². The van der Waals surface area contributed by atoms with Gasteiger partial charge in [0, 0.05) is 30.9 Å². The molecule has 110 valence electrons. The Labute approximate surface area is 121 Å². The molecule has 1 fully saturated rings.